The molecular weight excluding hydrogens is 268 g/mol. The molecule has 0 aliphatic carbocycles. The molecule has 4 heteroatoms. The summed E-state index contributed by atoms with van der Waals surface area (Å²) in [7, 11) is 0. The van der Waals surface area contributed by atoms with Gasteiger partial charge in [-0.15, -0.1) is 0 Å². The zero-order valence-corrected chi connectivity index (χ0v) is 10.3. The summed E-state index contributed by atoms with van der Waals surface area (Å²) in [5.74, 6) is 1.89. The van der Waals surface area contributed by atoms with E-state index in [4.69, 9.17) is 4.74 Å². The number of benzene rings is 1. The van der Waals surface area contributed by atoms with E-state index >= 15 is 0 Å². The average Bonchev–Trinajstić information content (AvgIpc) is 2.69. The maximum atomic E-state index is 5.75. The van der Waals surface area contributed by atoms with Crippen LogP contribution in [0.1, 0.15) is 6.42 Å². The highest BCUT2D eigenvalue weighted by molar-refractivity contribution is 9.10. The van der Waals surface area contributed by atoms with Crippen LogP contribution in [0, 0.1) is 0 Å². The van der Waals surface area contributed by atoms with Crippen LogP contribution in [-0.4, -0.2) is 16.2 Å². The number of hydrogen-bond acceptors (Lipinski definition) is 2. The number of ether oxygens (including phenoxy) is 1. The fourth-order valence-corrected chi connectivity index (χ4v) is 2.29. The second-order valence-corrected chi connectivity index (χ2v) is 4.70. The molecule has 3 nitrogen and oxygen atoms in total. The Balaban J connectivity index is 2.20. The Bertz CT molecular complexity index is 521. The van der Waals surface area contributed by atoms with Gasteiger partial charge in [0.15, 0.2) is 0 Å². The molecule has 3 rings (SSSR count). The highest BCUT2D eigenvalue weighted by Crippen LogP contribution is 2.33. The number of hydrogen-bond donors (Lipinski definition) is 0. The molecule has 0 atom stereocenters. The van der Waals surface area contributed by atoms with Crippen molar-refractivity contribution >= 4 is 15.9 Å². The van der Waals surface area contributed by atoms with Crippen molar-refractivity contribution in [1.82, 2.24) is 9.55 Å². The number of nitrogens with zero attached hydrogens (tertiary/aromatic N) is 2. The number of aryl methyl sites for hydroxylation is 1. The van der Waals surface area contributed by atoms with Gasteiger partial charge in [0, 0.05) is 23.4 Å². The van der Waals surface area contributed by atoms with Crippen LogP contribution < -0.4 is 4.74 Å². The fraction of sp³-hybridized carbons (Fsp3) is 0.250. The van der Waals surface area contributed by atoms with Crippen molar-refractivity contribution in [2.75, 3.05) is 6.61 Å². The lowest BCUT2D eigenvalue weighted by Gasteiger charge is -2.17. The molecule has 2 heterocycles. The zero-order chi connectivity index (χ0) is 11.0. The van der Waals surface area contributed by atoms with Crippen molar-refractivity contribution in [3.05, 3.63) is 35.1 Å². The lowest BCUT2D eigenvalue weighted by atomic mass is 10.1. The number of rotatable bonds is 0. The molecule has 2 aromatic rings. The molecule has 1 aliphatic heterocycles. The normalized spacial score (nSPS) is 14.3. The summed E-state index contributed by atoms with van der Waals surface area (Å²) in [6.45, 7) is 1.71. The summed E-state index contributed by atoms with van der Waals surface area (Å²) >= 11 is 3.46. The van der Waals surface area contributed by atoms with Gasteiger partial charge in [-0.05, 0) is 24.6 Å². The average molecular weight is 279 g/mol. The van der Waals surface area contributed by atoms with Crippen molar-refractivity contribution in [3.63, 3.8) is 0 Å². The van der Waals surface area contributed by atoms with Gasteiger partial charge in [0.05, 0.1) is 12.2 Å². The number of aromatic nitrogens is 2. The third-order valence-corrected chi connectivity index (χ3v) is 3.19. The summed E-state index contributed by atoms with van der Waals surface area (Å²) in [4.78, 5) is 4.40. The Morgan fingerprint density at radius 3 is 3.25 bits per heavy atom. The van der Waals surface area contributed by atoms with E-state index in [-0.39, 0.29) is 0 Å². The van der Waals surface area contributed by atoms with Crippen LogP contribution in [0.15, 0.2) is 35.1 Å². The van der Waals surface area contributed by atoms with Crippen LogP contribution in [0.3, 0.4) is 0 Å². The molecule has 1 aliphatic rings. The first-order valence-electron chi connectivity index (χ1n) is 5.28. The lowest BCUT2D eigenvalue weighted by molar-refractivity contribution is 0.298. The van der Waals surface area contributed by atoms with Gasteiger partial charge in [-0.1, -0.05) is 15.9 Å². The van der Waals surface area contributed by atoms with E-state index in [2.05, 4.69) is 25.5 Å². The van der Waals surface area contributed by atoms with Crippen molar-refractivity contribution < 1.29 is 4.74 Å². The largest absolute Gasteiger partial charge is 0.493 e. The van der Waals surface area contributed by atoms with Gasteiger partial charge in [0.2, 0.25) is 0 Å². The van der Waals surface area contributed by atoms with Crippen molar-refractivity contribution in [1.29, 1.82) is 0 Å². The third kappa shape index (κ3) is 1.63. The van der Waals surface area contributed by atoms with Crippen LogP contribution in [0.2, 0.25) is 0 Å². The maximum absolute atomic E-state index is 5.75. The maximum Gasteiger partial charge on any atom is 0.143 e. The lowest BCUT2D eigenvalue weighted by Crippen LogP contribution is -2.09. The molecule has 1 aromatic carbocycles. The Hall–Kier alpha value is -1.29. The molecule has 16 heavy (non-hydrogen) atoms. The van der Waals surface area contributed by atoms with E-state index in [1.165, 1.54) is 0 Å². The zero-order valence-electron chi connectivity index (χ0n) is 8.69. The van der Waals surface area contributed by atoms with Crippen LogP contribution >= 0.6 is 15.9 Å². The smallest absolute Gasteiger partial charge is 0.143 e. The number of halogens is 1. The van der Waals surface area contributed by atoms with Crippen molar-refractivity contribution in [2.24, 2.45) is 0 Å². The molecule has 0 spiro atoms. The summed E-state index contributed by atoms with van der Waals surface area (Å²) in [6, 6.07) is 6.06. The SMILES string of the molecule is Brc1ccc2c(c1)OCCCn1ccnc1-2. The Kier molecular flexibility index (Phi) is 2.44. The van der Waals surface area contributed by atoms with Crippen LogP contribution in [0.5, 0.6) is 5.75 Å². The van der Waals surface area contributed by atoms with Gasteiger partial charge in [-0.2, -0.15) is 0 Å². The first-order chi connectivity index (χ1) is 7.84. The molecule has 0 fully saturated rings. The predicted octanol–water partition coefficient (Wildman–Crippen LogP) is 3.10. The Labute approximate surface area is 102 Å². The topological polar surface area (TPSA) is 27.1 Å². The van der Waals surface area contributed by atoms with E-state index in [0.29, 0.717) is 0 Å². The second-order valence-electron chi connectivity index (χ2n) is 3.79. The van der Waals surface area contributed by atoms with Gasteiger partial charge in [0.25, 0.3) is 0 Å². The molecule has 82 valence electrons. The Morgan fingerprint density at radius 2 is 2.31 bits per heavy atom. The molecule has 0 unspecified atom stereocenters. The monoisotopic (exact) mass is 278 g/mol. The van der Waals surface area contributed by atoms with Crippen molar-refractivity contribution in [2.45, 2.75) is 13.0 Å². The van der Waals surface area contributed by atoms with E-state index in [0.717, 1.165) is 41.2 Å². The molecule has 0 amide bonds. The van der Waals surface area contributed by atoms with Gasteiger partial charge in [-0.25, -0.2) is 4.98 Å². The summed E-state index contributed by atoms with van der Waals surface area (Å²) in [5, 5.41) is 0. The molecule has 0 radical (unpaired) electrons. The minimum atomic E-state index is 0.751. The quantitative estimate of drug-likeness (QED) is 0.741. The van der Waals surface area contributed by atoms with Crippen LogP contribution in [0.4, 0.5) is 0 Å². The minimum absolute atomic E-state index is 0.751. The highest BCUT2D eigenvalue weighted by Gasteiger charge is 2.14. The molecule has 0 saturated carbocycles. The van der Waals surface area contributed by atoms with E-state index in [1.807, 2.05) is 30.6 Å². The number of imidazole rings is 1. The van der Waals surface area contributed by atoms with Gasteiger partial charge in [0.1, 0.15) is 11.6 Å². The van der Waals surface area contributed by atoms with E-state index in [1.54, 1.807) is 0 Å². The van der Waals surface area contributed by atoms with Gasteiger partial charge in [-0.3, -0.25) is 0 Å². The van der Waals surface area contributed by atoms with Crippen LogP contribution in [-0.2, 0) is 6.54 Å². The standard InChI is InChI=1S/C12H11BrN2O/c13-9-2-3-10-11(8-9)16-7-1-5-15-6-4-14-12(10)15/h2-4,6,8H,1,5,7H2. The summed E-state index contributed by atoms with van der Waals surface area (Å²) < 4.78 is 8.96. The first kappa shape index (κ1) is 9.90. The molecular formula is C12H11BrN2O. The predicted molar refractivity (Wildman–Crippen MR) is 65.5 cm³/mol. The highest BCUT2D eigenvalue weighted by atomic mass is 79.9. The number of fused-ring (bicyclic) bond motifs is 3. The third-order valence-electron chi connectivity index (χ3n) is 2.70. The molecule has 0 saturated heterocycles. The Morgan fingerprint density at radius 1 is 1.38 bits per heavy atom. The van der Waals surface area contributed by atoms with Gasteiger partial charge >= 0.3 is 0 Å². The van der Waals surface area contributed by atoms with E-state index in [9.17, 15) is 0 Å². The first-order valence-corrected chi connectivity index (χ1v) is 6.08. The molecule has 1 aromatic heterocycles. The van der Waals surface area contributed by atoms with Crippen LogP contribution in [0.25, 0.3) is 11.4 Å². The second kappa shape index (κ2) is 3.94. The molecule has 0 bridgehead atoms. The minimum Gasteiger partial charge on any atom is -0.493 e. The van der Waals surface area contributed by atoms with E-state index < -0.39 is 0 Å². The fourth-order valence-electron chi connectivity index (χ4n) is 1.95. The summed E-state index contributed by atoms with van der Waals surface area (Å²) in [6.07, 6.45) is 4.87. The van der Waals surface area contributed by atoms with Gasteiger partial charge < -0.3 is 9.30 Å². The van der Waals surface area contributed by atoms with Crippen molar-refractivity contribution in [3.8, 4) is 17.1 Å². The summed E-state index contributed by atoms with van der Waals surface area (Å²) in [5.41, 5.74) is 1.06. The molecule has 0 N–H and O–H groups in total.